The highest BCUT2D eigenvalue weighted by molar-refractivity contribution is 5.70. The number of carboxylic acids is 2. The number of aliphatic carboxylic acids is 2. The zero-order valence-corrected chi connectivity index (χ0v) is 7.30. The first-order valence-electron chi connectivity index (χ1n) is 3.96. The topological polar surface area (TPSA) is 87.5 Å². The van der Waals surface area contributed by atoms with Crippen LogP contribution in [0, 0.1) is 0 Å². The van der Waals surface area contributed by atoms with E-state index in [2.05, 4.69) is 4.98 Å². The molecular weight excluding hydrogens is 186 g/mol. The molecule has 0 saturated heterocycles. The van der Waals surface area contributed by atoms with E-state index in [-0.39, 0.29) is 12.8 Å². The Labute approximate surface area is 80.0 Å². The lowest BCUT2D eigenvalue weighted by Crippen LogP contribution is -2.06. The van der Waals surface area contributed by atoms with Crippen LogP contribution in [-0.4, -0.2) is 27.1 Å². The normalized spacial score (nSPS) is 9.71. The van der Waals surface area contributed by atoms with Gasteiger partial charge in [-0.25, -0.2) is 0 Å². The monoisotopic (exact) mass is 195 g/mol. The molecule has 1 heterocycles. The average Bonchev–Trinajstić information content (AvgIpc) is 2.01. The maximum atomic E-state index is 10.3. The zero-order chi connectivity index (χ0) is 10.6. The lowest BCUT2D eigenvalue weighted by molar-refractivity contribution is -0.137. The number of hydrogen-bond donors (Lipinski definition) is 2. The van der Waals surface area contributed by atoms with Gasteiger partial charge in [-0.15, -0.1) is 0 Å². The summed E-state index contributed by atoms with van der Waals surface area (Å²) < 4.78 is 0. The molecule has 0 amide bonds. The van der Waals surface area contributed by atoms with Gasteiger partial charge in [0.05, 0.1) is 24.2 Å². The molecule has 0 saturated carbocycles. The number of carboxylic acid groups (broad SMARTS) is 2. The van der Waals surface area contributed by atoms with E-state index in [9.17, 15) is 9.59 Å². The van der Waals surface area contributed by atoms with E-state index in [0.717, 1.165) is 0 Å². The van der Waals surface area contributed by atoms with Crippen molar-refractivity contribution in [2.24, 2.45) is 0 Å². The summed E-state index contributed by atoms with van der Waals surface area (Å²) in [6, 6.07) is 4.71. The second-order valence-electron chi connectivity index (χ2n) is 2.76. The summed E-state index contributed by atoms with van der Waals surface area (Å²) in [5.74, 6) is -1.96. The maximum Gasteiger partial charge on any atom is 0.309 e. The van der Waals surface area contributed by atoms with Crippen molar-refractivity contribution >= 4 is 11.9 Å². The molecule has 0 aromatic carbocycles. The van der Waals surface area contributed by atoms with Gasteiger partial charge in [-0.2, -0.15) is 0 Å². The van der Waals surface area contributed by atoms with Gasteiger partial charge < -0.3 is 10.2 Å². The van der Waals surface area contributed by atoms with Crippen LogP contribution >= 0.6 is 0 Å². The van der Waals surface area contributed by atoms with Crippen molar-refractivity contribution in [1.82, 2.24) is 4.98 Å². The van der Waals surface area contributed by atoms with Crippen molar-refractivity contribution in [3.05, 3.63) is 29.6 Å². The molecule has 74 valence electrons. The lowest BCUT2D eigenvalue weighted by Gasteiger charge is -1.99. The summed E-state index contributed by atoms with van der Waals surface area (Å²) in [6.07, 6.45) is -0.374. The summed E-state index contributed by atoms with van der Waals surface area (Å²) in [5, 5.41) is 17.0. The van der Waals surface area contributed by atoms with Gasteiger partial charge in [-0.3, -0.25) is 14.6 Å². The van der Waals surface area contributed by atoms with Gasteiger partial charge in [0.25, 0.3) is 0 Å². The lowest BCUT2D eigenvalue weighted by atomic mass is 10.2. The molecule has 0 unspecified atom stereocenters. The number of pyridine rings is 1. The van der Waals surface area contributed by atoms with Crippen LogP contribution in [0.15, 0.2) is 18.2 Å². The summed E-state index contributed by atoms with van der Waals surface area (Å²) >= 11 is 0. The molecule has 1 aromatic rings. The fourth-order valence-corrected chi connectivity index (χ4v) is 1.04. The van der Waals surface area contributed by atoms with Crippen LogP contribution in [0.25, 0.3) is 0 Å². The predicted molar refractivity (Wildman–Crippen MR) is 46.9 cm³/mol. The SMILES string of the molecule is O=C(O)Cc1cccc(CC(=O)O)n1. The molecular formula is C9H9NO4. The van der Waals surface area contributed by atoms with Crippen LogP contribution in [-0.2, 0) is 22.4 Å². The number of hydrogen-bond acceptors (Lipinski definition) is 3. The molecule has 14 heavy (non-hydrogen) atoms. The molecule has 0 aliphatic heterocycles. The summed E-state index contributed by atoms with van der Waals surface area (Å²) in [4.78, 5) is 24.6. The van der Waals surface area contributed by atoms with E-state index >= 15 is 0 Å². The number of nitrogens with zero attached hydrogens (tertiary/aromatic N) is 1. The third kappa shape index (κ3) is 3.22. The number of aromatic nitrogens is 1. The Morgan fingerprint density at radius 3 is 1.86 bits per heavy atom. The maximum absolute atomic E-state index is 10.3. The largest absolute Gasteiger partial charge is 0.481 e. The van der Waals surface area contributed by atoms with Crippen LogP contribution < -0.4 is 0 Å². The number of rotatable bonds is 4. The van der Waals surface area contributed by atoms with Crippen LogP contribution in [0.5, 0.6) is 0 Å². The van der Waals surface area contributed by atoms with E-state index in [1.807, 2.05) is 0 Å². The van der Waals surface area contributed by atoms with E-state index in [4.69, 9.17) is 10.2 Å². The van der Waals surface area contributed by atoms with Crippen molar-refractivity contribution in [2.75, 3.05) is 0 Å². The van der Waals surface area contributed by atoms with Crippen LogP contribution in [0.4, 0.5) is 0 Å². The van der Waals surface area contributed by atoms with Crippen molar-refractivity contribution in [1.29, 1.82) is 0 Å². The zero-order valence-electron chi connectivity index (χ0n) is 7.30. The average molecular weight is 195 g/mol. The summed E-state index contributed by atoms with van der Waals surface area (Å²) in [5.41, 5.74) is 0.743. The molecule has 0 radical (unpaired) electrons. The molecule has 0 bridgehead atoms. The second-order valence-corrected chi connectivity index (χ2v) is 2.76. The van der Waals surface area contributed by atoms with Gasteiger partial charge in [0.1, 0.15) is 0 Å². The van der Waals surface area contributed by atoms with Gasteiger partial charge in [0.15, 0.2) is 0 Å². The minimum atomic E-state index is -0.982. The Balaban J connectivity index is 2.78. The molecule has 5 nitrogen and oxygen atoms in total. The third-order valence-corrected chi connectivity index (χ3v) is 1.53. The predicted octanol–water partition coefficient (Wildman–Crippen LogP) is 0.336. The Kier molecular flexibility index (Phi) is 3.17. The van der Waals surface area contributed by atoms with Crippen molar-refractivity contribution < 1.29 is 19.8 Å². The standard InChI is InChI=1S/C9H9NO4/c11-8(12)4-6-2-1-3-7(10-6)5-9(13)14/h1-3H,4-5H2,(H,11,12)(H,13,14). The molecule has 0 aliphatic carbocycles. The highest BCUT2D eigenvalue weighted by atomic mass is 16.4. The van der Waals surface area contributed by atoms with E-state index in [0.29, 0.717) is 11.4 Å². The highest BCUT2D eigenvalue weighted by Crippen LogP contribution is 2.01. The third-order valence-electron chi connectivity index (χ3n) is 1.53. The van der Waals surface area contributed by atoms with Gasteiger partial charge in [0, 0.05) is 0 Å². The minimum Gasteiger partial charge on any atom is -0.481 e. The molecule has 1 aromatic heterocycles. The van der Waals surface area contributed by atoms with Gasteiger partial charge in [0.2, 0.25) is 0 Å². The highest BCUT2D eigenvalue weighted by Gasteiger charge is 2.05. The van der Waals surface area contributed by atoms with Gasteiger partial charge in [-0.1, -0.05) is 6.07 Å². The molecule has 0 spiro atoms. The Bertz CT molecular complexity index is 330. The minimum absolute atomic E-state index is 0.187. The quantitative estimate of drug-likeness (QED) is 0.723. The van der Waals surface area contributed by atoms with Crippen molar-refractivity contribution in [3.8, 4) is 0 Å². The van der Waals surface area contributed by atoms with Crippen LogP contribution in [0.2, 0.25) is 0 Å². The van der Waals surface area contributed by atoms with Crippen LogP contribution in [0.3, 0.4) is 0 Å². The second kappa shape index (κ2) is 4.36. The Hall–Kier alpha value is -1.91. The molecule has 0 atom stereocenters. The van der Waals surface area contributed by atoms with Crippen LogP contribution in [0.1, 0.15) is 11.4 Å². The molecule has 0 fully saturated rings. The fourth-order valence-electron chi connectivity index (χ4n) is 1.04. The van der Waals surface area contributed by atoms with E-state index in [1.54, 1.807) is 18.2 Å². The molecule has 2 N–H and O–H groups in total. The fraction of sp³-hybridized carbons (Fsp3) is 0.222. The summed E-state index contributed by atoms with van der Waals surface area (Å²) in [7, 11) is 0. The first-order valence-corrected chi connectivity index (χ1v) is 3.96. The Morgan fingerprint density at radius 1 is 1.07 bits per heavy atom. The smallest absolute Gasteiger partial charge is 0.309 e. The first-order chi connectivity index (χ1) is 6.58. The van der Waals surface area contributed by atoms with Gasteiger partial charge >= 0.3 is 11.9 Å². The van der Waals surface area contributed by atoms with E-state index < -0.39 is 11.9 Å². The van der Waals surface area contributed by atoms with Crippen molar-refractivity contribution in [2.45, 2.75) is 12.8 Å². The first kappa shape index (κ1) is 10.2. The summed E-state index contributed by atoms with van der Waals surface area (Å²) in [6.45, 7) is 0. The number of carbonyl (C=O) groups is 2. The molecule has 0 aliphatic rings. The molecule has 5 heteroatoms. The Morgan fingerprint density at radius 2 is 1.50 bits per heavy atom. The van der Waals surface area contributed by atoms with Gasteiger partial charge in [-0.05, 0) is 12.1 Å². The molecule has 1 rings (SSSR count). The van der Waals surface area contributed by atoms with Crippen molar-refractivity contribution in [3.63, 3.8) is 0 Å². The van der Waals surface area contributed by atoms with E-state index in [1.165, 1.54) is 0 Å².